The van der Waals surface area contributed by atoms with Gasteiger partial charge in [0.15, 0.2) is 0 Å². The van der Waals surface area contributed by atoms with E-state index in [9.17, 15) is 9.59 Å². The summed E-state index contributed by atoms with van der Waals surface area (Å²) in [5.74, 6) is -0.347. The van der Waals surface area contributed by atoms with Crippen molar-refractivity contribution in [3.63, 3.8) is 0 Å². The molecule has 0 fully saturated rings. The Labute approximate surface area is 180 Å². The Kier molecular flexibility index (Phi) is 8.61. The van der Waals surface area contributed by atoms with Gasteiger partial charge in [-0.15, -0.1) is 0 Å². The maximum Gasteiger partial charge on any atom is 0.242 e. The average molecular weight is 442 g/mol. The minimum absolute atomic E-state index is 0.138. The highest BCUT2D eigenvalue weighted by Crippen LogP contribution is 2.24. The number of halogens is 3. The van der Waals surface area contributed by atoms with Gasteiger partial charge in [0.25, 0.3) is 0 Å². The molecule has 0 saturated carbocycles. The second-order valence-corrected chi connectivity index (χ2v) is 7.64. The quantitative estimate of drug-likeness (QED) is 0.617. The molecule has 28 heavy (non-hydrogen) atoms. The SMILES string of the molecule is CCC(C(=O)NC)N(Cc1ccc(Cl)cc1Cl)C(=O)CCc1ccccc1Cl. The smallest absolute Gasteiger partial charge is 0.242 e. The fourth-order valence-corrected chi connectivity index (χ4v) is 3.70. The van der Waals surface area contributed by atoms with Crippen molar-refractivity contribution in [2.75, 3.05) is 7.05 Å². The summed E-state index contributed by atoms with van der Waals surface area (Å²) in [6.45, 7) is 2.10. The van der Waals surface area contributed by atoms with Crippen molar-refractivity contribution in [1.29, 1.82) is 0 Å². The molecule has 7 heteroatoms. The minimum atomic E-state index is -0.588. The predicted molar refractivity (Wildman–Crippen MR) is 115 cm³/mol. The van der Waals surface area contributed by atoms with Crippen LogP contribution in [0.5, 0.6) is 0 Å². The molecule has 0 aliphatic carbocycles. The number of hydrogen-bond acceptors (Lipinski definition) is 2. The molecule has 1 unspecified atom stereocenters. The molecule has 0 aromatic heterocycles. The number of hydrogen-bond donors (Lipinski definition) is 1. The first-order valence-electron chi connectivity index (χ1n) is 9.05. The fraction of sp³-hybridized carbons (Fsp3) is 0.333. The summed E-state index contributed by atoms with van der Waals surface area (Å²) in [7, 11) is 1.56. The molecule has 4 nitrogen and oxygen atoms in total. The van der Waals surface area contributed by atoms with Crippen LogP contribution in [0.4, 0.5) is 0 Å². The Hall–Kier alpha value is -1.75. The van der Waals surface area contributed by atoms with Gasteiger partial charge >= 0.3 is 0 Å². The molecule has 1 N–H and O–H groups in total. The van der Waals surface area contributed by atoms with Crippen LogP contribution in [0.15, 0.2) is 42.5 Å². The van der Waals surface area contributed by atoms with E-state index in [1.165, 1.54) is 0 Å². The maximum absolute atomic E-state index is 13.1. The lowest BCUT2D eigenvalue weighted by Crippen LogP contribution is -2.48. The van der Waals surface area contributed by atoms with Gasteiger partial charge in [-0.05, 0) is 42.2 Å². The van der Waals surface area contributed by atoms with Crippen LogP contribution in [0.25, 0.3) is 0 Å². The molecule has 2 amide bonds. The van der Waals surface area contributed by atoms with Gasteiger partial charge in [0.1, 0.15) is 6.04 Å². The normalized spacial score (nSPS) is 11.8. The predicted octanol–water partition coefficient (Wildman–Crippen LogP) is 5.13. The lowest BCUT2D eigenvalue weighted by molar-refractivity contribution is -0.141. The van der Waals surface area contributed by atoms with E-state index in [0.717, 1.165) is 11.1 Å². The monoisotopic (exact) mass is 440 g/mol. The van der Waals surface area contributed by atoms with Crippen LogP contribution in [0.1, 0.15) is 30.9 Å². The van der Waals surface area contributed by atoms with Crippen molar-refractivity contribution < 1.29 is 9.59 Å². The number of likely N-dealkylation sites (N-methyl/N-ethyl adjacent to an activating group) is 1. The van der Waals surface area contributed by atoms with E-state index in [2.05, 4.69) is 5.32 Å². The van der Waals surface area contributed by atoms with Gasteiger partial charge in [0.2, 0.25) is 11.8 Å². The molecule has 0 aliphatic rings. The van der Waals surface area contributed by atoms with Crippen molar-refractivity contribution in [3.05, 3.63) is 68.7 Å². The fourth-order valence-electron chi connectivity index (χ4n) is 3.01. The van der Waals surface area contributed by atoms with Gasteiger partial charge < -0.3 is 10.2 Å². The van der Waals surface area contributed by atoms with E-state index in [1.54, 1.807) is 36.2 Å². The van der Waals surface area contributed by atoms with Crippen LogP contribution >= 0.6 is 34.8 Å². The molecular weight excluding hydrogens is 419 g/mol. The minimum Gasteiger partial charge on any atom is -0.357 e. The van der Waals surface area contributed by atoms with E-state index in [4.69, 9.17) is 34.8 Å². The summed E-state index contributed by atoms with van der Waals surface area (Å²) in [6, 6.07) is 12.0. The largest absolute Gasteiger partial charge is 0.357 e. The lowest BCUT2D eigenvalue weighted by Gasteiger charge is -2.30. The first-order chi connectivity index (χ1) is 13.4. The van der Waals surface area contributed by atoms with E-state index >= 15 is 0 Å². The van der Waals surface area contributed by atoms with E-state index in [-0.39, 0.29) is 24.8 Å². The summed E-state index contributed by atoms with van der Waals surface area (Å²) in [5.41, 5.74) is 1.63. The molecule has 0 heterocycles. The maximum atomic E-state index is 13.1. The Balaban J connectivity index is 2.24. The zero-order valence-corrected chi connectivity index (χ0v) is 18.1. The van der Waals surface area contributed by atoms with Crippen LogP contribution in [-0.2, 0) is 22.6 Å². The molecular formula is C21H23Cl3N2O2. The van der Waals surface area contributed by atoms with Gasteiger partial charge in [-0.25, -0.2) is 0 Å². The van der Waals surface area contributed by atoms with Crippen LogP contribution in [0.3, 0.4) is 0 Å². The first-order valence-corrected chi connectivity index (χ1v) is 10.2. The molecule has 0 bridgehead atoms. The zero-order valence-electron chi connectivity index (χ0n) is 15.8. The summed E-state index contributed by atoms with van der Waals surface area (Å²) in [6.07, 6.45) is 1.22. The second kappa shape index (κ2) is 10.7. The molecule has 0 saturated heterocycles. The van der Waals surface area contributed by atoms with Gasteiger partial charge in [0.05, 0.1) is 0 Å². The van der Waals surface area contributed by atoms with Crippen molar-refractivity contribution >= 4 is 46.6 Å². The van der Waals surface area contributed by atoms with E-state index in [1.807, 2.05) is 25.1 Å². The number of nitrogens with zero attached hydrogens (tertiary/aromatic N) is 1. The number of aryl methyl sites for hydroxylation is 1. The third kappa shape index (κ3) is 5.87. The van der Waals surface area contributed by atoms with Crippen LogP contribution in [-0.4, -0.2) is 29.8 Å². The topological polar surface area (TPSA) is 49.4 Å². The standard InChI is InChI=1S/C21H23Cl3N2O2/c1-3-19(21(28)25-2)26(13-15-8-10-16(22)12-18(15)24)20(27)11-9-14-6-4-5-7-17(14)23/h4-8,10,12,19H,3,9,11,13H2,1-2H3,(H,25,28). The summed E-state index contributed by atoms with van der Waals surface area (Å²) in [4.78, 5) is 27.0. The molecule has 0 spiro atoms. The van der Waals surface area contributed by atoms with Crippen molar-refractivity contribution in [2.45, 2.75) is 38.8 Å². The van der Waals surface area contributed by atoms with Crippen LogP contribution < -0.4 is 5.32 Å². The van der Waals surface area contributed by atoms with Crippen molar-refractivity contribution in [3.8, 4) is 0 Å². The van der Waals surface area contributed by atoms with E-state index < -0.39 is 6.04 Å². The van der Waals surface area contributed by atoms with Crippen molar-refractivity contribution in [2.24, 2.45) is 0 Å². The molecule has 150 valence electrons. The van der Waals surface area contributed by atoms with Gasteiger partial charge in [0, 0.05) is 35.1 Å². The zero-order chi connectivity index (χ0) is 20.7. The number of carbonyl (C=O) groups excluding carboxylic acids is 2. The number of rotatable bonds is 8. The Bertz CT molecular complexity index is 842. The summed E-state index contributed by atoms with van der Waals surface area (Å²) < 4.78 is 0. The van der Waals surface area contributed by atoms with Crippen molar-refractivity contribution in [1.82, 2.24) is 10.2 Å². The second-order valence-electron chi connectivity index (χ2n) is 6.39. The number of carbonyl (C=O) groups is 2. The van der Waals surface area contributed by atoms with E-state index in [0.29, 0.717) is 27.9 Å². The highest BCUT2D eigenvalue weighted by Gasteiger charge is 2.28. The first kappa shape index (κ1) is 22.5. The molecule has 1 atom stereocenters. The van der Waals surface area contributed by atoms with Crippen LogP contribution in [0, 0.1) is 0 Å². The number of benzene rings is 2. The average Bonchev–Trinajstić information content (AvgIpc) is 2.68. The van der Waals surface area contributed by atoms with Gasteiger partial charge in [-0.2, -0.15) is 0 Å². The Morgan fingerprint density at radius 1 is 1.04 bits per heavy atom. The molecule has 2 aromatic carbocycles. The number of amides is 2. The molecule has 2 rings (SSSR count). The number of nitrogens with one attached hydrogen (secondary N) is 1. The molecule has 0 radical (unpaired) electrons. The summed E-state index contributed by atoms with van der Waals surface area (Å²) in [5, 5.41) is 4.24. The Morgan fingerprint density at radius 3 is 2.36 bits per heavy atom. The third-order valence-corrected chi connectivity index (χ3v) is 5.51. The highest BCUT2D eigenvalue weighted by molar-refractivity contribution is 6.35. The lowest BCUT2D eigenvalue weighted by atomic mass is 10.1. The third-order valence-electron chi connectivity index (χ3n) is 4.55. The highest BCUT2D eigenvalue weighted by atomic mass is 35.5. The molecule has 2 aromatic rings. The Morgan fingerprint density at radius 2 is 1.75 bits per heavy atom. The van der Waals surface area contributed by atoms with Crippen LogP contribution in [0.2, 0.25) is 15.1 Å². The van der Waals surface area contributed by atoms with Gasteiger partial charge in [-0.3, -0.25) is 9.59 Å². The molecule has 0 aliphatic heterocycles. The summed E-state index contributed by atoms with van der Waals surface area (Å²) >= 11 is 18.5. The van der Waals surface area contributed by atoms with Gasteiger partial charge in [-0.1, -0.05) is 66.0 Å².